The maximum absolute atomic E-state index is 12.8. The quantitative estimate of drug-likeness (QED) is 0.659. The molecule has 1 aliphatic heterocycles. The van der Waals surface area contributed by atoms with Crippen molar-refractivity contribution in [2.24, 2.45) is 5.73 Å². The summed E-state index contributed by atoms with van der Waals surface area (Å²) < 4.78 is 3.01. The molecule has 1 radical (unpaired) electrons. The highest BCUT2D eigenvalue weighted by Crippen LogP contribution is 2.48. The summed E-state index contributed by atoms with van der Waals surface area (Å²) in [4.78, 5) is 15.8. The van der Waals surface area contributed by atoms with E-state index in [0.717, 1.165) is 21.9 Å². The van der Waals surface area contributed by atoms with Gasteiger partial charge in [0.2, 0.25) is 0 Å². The first-order valence-electron chi connectivity index (χ1n) is 9.70. The maximum atomic E-state index is 12.8. The second-order valence-electron chi connectivity index (χ2n) is 8.50. The molecular weight excluding hydrogens is 384 g/mol. The highest BCUT2D eigenvalue weighted by molar-refractivity contribution is 5.69. The van der Waals surface area contributed by atoms with Gasteiger partial charge in [0, 0.05) is 19.3 Å². The molecule has 4 rings (SSSR count). The number of fused-ring (bicyclic) bond motifs is 1. The number of nitrogen functional groups attached to an aromatic ring is 1. The number of hydrogen-bond donors (Lipinski definition) is 2. The van der Waals surface area contributed by atoms with Crippen molar-refractivity contribution in [2.75, 3.05) is 12.3 Å². The van der Waals surface area contributed by atoms with Gasteiger partial charge < -0.3 is 11.5 Å². The minimum Gasteiger partial charge on any atom is -0.383 e. The molecule has 30 heavy (non-hydrogen) atoms. The van der Waals surface area contributed by atoms with Crippen LogP contribution in [0.5, 0.6) is 0 Å². The minimum atomic E-state index is -0.662. The lowest BCUT2D eigenvalue weighted by Crippen LogP contribution is -2.41. The normalized spacial score (nSPS) is 17.3. The van der Waals surface area contributed by atoms with E-state index >= 15 is 0 Å². The molecule has 0 atom stereocenters. The van der Waals surface area contributed by atoms with Gasteiger partial charge in [0.1, 0.15) is 11.5 Å². The van der Waals surface area contributed by atoms with E-state index < -0.39 is 16.8 Å². The van der Waals surface area contributed by atoms with Gasteiger partial charge in [0.15, 0.2) is 0 Å². The van der Waals surface area contributed by atoms with Crippen LogP contribution in [-0.4, -0.2) is 36.2 Å². The number of rotatable bonds is 4. The number of anilines is 1. The van der Waals surface area contributed by atoms with Crippen LogP contribution in [0.4, 0.5) is 5.82 Å². The molecule has 0 fully saturated rings. The molecule has 0 saturated carbocycles. The number of aromatic nitrogens is 5. The van der Waals surface area contributed by atoms with Gasteiger partial charge in [0.25, 0.3) is 0 Å². The van der Waals surface area contributed by atoms with Crippen LogP contribution in [0.25, 0.3) is 16.9 Å². The molecule has 4 N–H and O–H groups in total. The van der Waals surface area contributed by atoms with Crippen LogP contribution < -0.4 is 17.2 Å². The van der Waals surface area contributed by atoms with E-state index in [-0.39, 0.29) is 5.82 Å². The molecule has 1 aromatic carbocycles. The number of nitrogens with zero attached hydrogens (tertiary/aromatic N) is 6. The summed E-state index contributed by atoms with van der Waals surface area (Å²) in [7, 11) is 0. The third-order valence-electron chi connectivity index (χ3n) is 5.76. The van der Waals surface area contributed by atoms with Crippen LogP contribution in [0.3, 0.4) is 0 Å². The molecule has 2 aromatic heterocycles. The topological polar surface area (TPSA) is 141 Å². The Balaban J connectivity index is 1.76. The number of hydroxylamine groups is 2. The summed E-state index contributed by atoms with van der Waals surface area (Å²) in [6.45, 7) is 8.30. The zero-order chi connectivity index (χ0) is 21.8. The largest absolute Gasteiger partial charge is 0.383 e. The van der Waals surface area contributed by atoms with Gasteiger partial charge in [0.05, 0.1) is 28.5 Å². The van der Waals surface area contributed by atoms with Crippen LogP contribution in [0, 0.1) is 0 Å². The predicted molar refractivity (Wildman–Crippen MR) is 111 cm³/mol. The highest BCUT2D eigenvalue weighted by atomic mass is 16.5. The zero-order valence-corrected chi connectivity index (χ0v) is 17.5. The van der Waals surface area contributed by atoms with E-state index in [2.05, 4.69) is 15.3 Å². The van der Waals surface area contributed by atoms with Crippen LogP contribution in [0.2, 0.25) is 0 Å². The molecule has 10 nitrogen and oxygen atoms in total. The third kappa shape index (κ3) is 2.92. The second kappa shape index (κ2) is 6.73. The van der Waals surface area contributed by atoms with E-state index in [1.54, 1.807) is 17.1 Å². The Morgan fingerprint density at radius 2 is 1.77 bits per heavy atom. The van der Waals surface area contributed by atoms with Crippen molar-refractivity contribution in [1.29, 1.82) is 0 Å². The SMILES string of the molecule is CC1(C)c2ccc(-n3cc(-c4cn(CCN)c(=O)nc4N)nn3)cc2C(C)(C)N1[O]. The number of benzene rings is 1. The molecule has 10 heteroatoms. The molecule has 0 aliphatic carbocycles. The van der Waals surface area contributed by atoms with Crippen LogP contribution >= 0.6 is 0 Å². The Hall–Kier alpha value is -3.08. The van der Waals surface area contributed by atoms with Crippen molar-refractivity contribution >= 4 is 5.82 Å². The molecule has 0 amide bonds. The lowest BCUT2D eigenvalue weighted by atomic mass is 9.90. The van der Waals surface area contributed by atoms with Gasteiger partial charge >= 0.3 is 5.69 Å². The van der Waals surface area contributed by atoms with Gasteiger partial charge in [-0.3, -0.25) is 4.57 Å². The fraction of sp³-hybridized carbons (Fsp3) is 0.400. The van der Waals surface area contributed by atoms with E-state index in [0.29, 0.717) is 24.3 Å². The van der Waals surface area contributed by atoms with E-state index in [4.69, 9.17) is 11.5 Å². The standard InChI is InChI=1S/C20H25N8O2/c1-19(2)14-6-5-12(9-15(14)20(3,4)28(19)30)27-11-16(24-25-27)13-10-26(8-7-21)18(29)23-17(13)22/h5-6,9-11H,7-8,21H2,1-4H3,(H2,22,23,29). The van der Waals surface area contributed by atoms with E-state index in [1.165, 1.54) is 4.57 Å². The first-order valence-corrected chi connectivity index (χ1v) is 9.70. The molecule has 3 aromatic rings. The summed E-state index contributed by atoms with van der Waals surface area (Å²) >= 11 is 0. The minimum absolute atomic E-state index is 0.0826. The molecule has 0 saturated heterocycles. The summed E-state index contributed by atoms with van der Waals surface area (Å²) in [5, 5.41) is 22.4. The number of hydrogen-bond acceptors (Lipinski definition) is 7. The van der Waals surface area contributed by atoms with E-state index in [1.807, 2.05) is 45.9 Å². The monoisotopic (exact) mass is 409 g/mol. The Morgan fingerprint density at radius 1 is 1.07 bits per heavy atom. The van der Waals surface area contributed by atoms with Gasteiger partial charge in [-0.05, 0) is 51.0 Å². The van der Waals surface area contributed by atoms with Crippen molar-refractivity contribution < 1.29 is 5.21 Å². The molecule has 1 aliphatic rings. The average molecular weight is 409 g/mol. The molecule has 0 spiro atoms. The van der Waals surface area contributed by atoms with Crippen LogP contribution in [0.1, 0.15) is 38.8 Å². The first kappa shape index (κ1) is 20.2. The summed E-state index contributed by atoms with van der Waals surface area (Å²) in [6, 6.07) is 5.83. The fourth-order valence-corrected chi connectivity index (χ4v) is 4.15. The summed E-state index contributed by atoms with van der Waals surface area (Å²) in [5.41, 5.74) is 13.5. The molecule has 0 bridgehead atoms. The fourth-order valence-electron chi connectivity index (χ4n) is 4.15. The van der Waals surface area contributed by atoms with Gasteiger partial charge in [-0.25, -0.2) is 9.48 Å². The van der Waals surface area contributed by atoms with Crippen molar-refractivity contribution in [3.8, 4) is 16.9 Å². The van der Waals surface area contributed by atoms with Crippen molar-refractivity contribution in [1.82, 2.24) is 29.6 Å². The van der Waals surface area contributed by atoms with Crippen LogP contribution in [-0.2, 0) is 22.8 Å². The van der Waals surface area contributed by atoms with Crippen LogP contribution in [0.15, 0.2) is 35.4 Å². The molecule has 3 heterocycles. The molecule has 157 valence electrons. The van der Waals surface area contributed by atoms with Gasteiger partial charge in [-0.15, -0.1) is 15.4 Å². The number of nitrogens with two attached hydrogens (primary N) is 2. The smallest absolute Gasteiger partial charge is 0.349 e. The summed E-state index contributed by atoms with van der Waals surface area (Å²) in [5.74, 6) is 0.0826. The Labute approximate surface area is 173 Å². The lowest BCUT2D eigenvalue weighted by molar-refractivity contribution is -0.266. The molecular formula is C20H25N8O2. The average Bonchev–Trinajstić information content (AvgIpc) is 3.22. The first-order chi connectivity index (χ1) is 14.1. The lowest BCUT2D eigenvalue weighted by Gasteiger charge is -2.32. The zero-order valence-electron chi connectivity index (χ0n) is 17.5. The third-order valence-corrected chi connectivity index (χ3v) is 5.76. The van der Waals surface area contributed by atoms with E-state index in [9.17, 15) is 10.0 Å². The maximum Gasteiger partial charge on any atom is 0.349 e. The van der Waals surface area contributed by atoms with Crippen molar-refractivity contribution in [2.45, 2.75) is 45.3 Å². The Bertz CT molecular complexity index is 1180. The highest BCUT2D eigenvalue weighted by Gasteiger charge is 2.50. The summed E-state index contributed by atoms with van der Waals surface area (Å²) in [6.07, 6.45) is 3.31. The van der Waals surface area contributed by atoms with Gasteiger partial charge in [-0.1, -0.05) is 11.3 Å². The predicted octanol–water partition coefficient (Wildman–Crippen LogP) is 1.16. The van der Waals surface area contributed by atoms with Crippen molar-refractivity contribution in [3.05, 3.63) is 52.2 Å². The second-order valence-corrected chi connectivity index (χ2v) is 8.50. The van der Waals surface area contributed by atoms with Gasteiger partial charge in [-0.2, -0.15) is 4.98 Å². The Kier molecular flexibility index (Phi) is 4.53. The molecule has 0 unspecified atom stereocenters. The van der Waals surface area contributed by atoms with Crippen molar-refractivity contribution in [3.63, 3.8) is 0 Å². The Morgan fingerprint density at radius 3 is 2.47 bits per heavy atom.